The Morgan fingerprint density at radius 2 is 1.80 bits per heavy atom. The second kappa shape index (κ2) is 8.47. The first-order valence-electron chi connectivity index (χ1n) is 9.51. The number of fused-ring (bicyclic) bond motifs is 1. The lowest BCUT2D eigenvalue weighted by atomic mass is 10.1. The van der Waals surface area contributed by atoms with Gasteiger partial charge in [-0.1, -0.05) is 23.8 Å². The Morgan fingerprint density at radius 3 is 2.57 bits per heavy atom. The first kappa shape index (κ1) is 20.4. The SMILES string of the molecule is FC(F)(F)c1ccc(Nc2ncnc3c2CCN(C2=NCC=CC=C2Cl)CC3)cc1. The molecule has 0 saturated heterocycles. The molecule has 0 atom stereocenters. The van der Waals surface area contributed by atoms with Crippen LogP contribution in [0.1, 0.15) is 16.8 Å². The number of nitrogens with one attached hydrogen (secondary N) is 1. The fourth-order valence-corrected chi connectivity index (χ4v) is 3.73. The third kappa shape index (κ3) is 4.48. The predicted molar refractivity (Wildman–Crippen MR) is 111 cm³/mol. The van der Waals surface area contributed by atoms with Gasteiger partial charge in [0, 0.05) is 30.8 Å². The lowest BCUT2D eigenvalue weighted by Crippen LogP contribution is -2.33. The fourth-order valence-electron chi connectivity index (χ4n) is 3.48. The van der Waals surface area contributed by atoms with E-state index in [1.165, 1.54) is 18.5 Å². The molecule has 1 aromatic carbocycles. The lowest BCUT2D eigenvalue weighted by molar-refractivity contribution is -0.137. The summed E-state index contributed by atoms with van der Waals surface area (Å²) in [6.45, 7) is 1.98. The number of alkyl halides is 3. The summed E-state index contributed by atoms with van der Waals surface area (Å²) in [4.78, 5) is 15.4. The zero-order valence-corrected chi connectivity index (χ0v) is 16.7. The molecule has 1 aromatic heterocycles. The highest BCUT2D eigenvalue weighted by Gasteiger charge is 2.30. The molecule has 30 heavy (non-hydrogen) atoms. The van der Waals surface area contributed by atoms with Crippen LogP contribution in [0, 0.1) is 0 Å². The van der Waals surface area contributed by atoms with Crippen molar-refractivity contribution in [1.82, 2.24) is 14.9 Å². The van der Waals surface area contributed by atoms with Gasteiger partial charge in [0.2, 0.25) is 0 Å². The van der Waals surface area contributed by atoms with Gasteiger partial charge in [-0.2, -0.15) is 13.2 Å². The fraction of sp³-hybridized carbons (Fsp3) is 0.286. The predicted octanol–water partition coefficient (Wildman–Crippen LogP) is 4.73. The number of benzene rings is 1. The van der Waals surface area contributed by atoms with Crippen molar-refractivity contribution in [3.63, 3.8) is 0 Å². The van der Waals surface area contributed by atoms with E-state index < -0.39 is 11.7 Å². The third-order valence-electron chi connectivity index (χ3n) is 5.00. The average Bonchev–Trinajstić information content (AvgIpc) is 3.06. The Labute approximate surface area is 177 Å². The van der Waals surface area contributed by atoms with Crippen LogP contribution in [0.15, 0.2) is 58.8 Å². The minimum absolute atomic E-state index is 0.537. The number of amidine groups is 1. The minimum Gasteiger partial charge on any atom is -0.355 e. The molecule has 0 bridgehead atoms. The highest BCUT2D eigenvalue weighted by atomic mass is 35.5. The van der Waals surface area contributed by atoms with Crippen LogP contribution in [0.25, 0.3) is 0 Å². The topological polar surface area (TPSA) is 53.4 Å². The van der Waals surface area contributed by atoms with E-state index in [9.17, 15) is 13.2 Å². The summed E-state index contributed by atoms with van der Waals surface area (Å²) < 4.78 is 38.4. The molecule has 2 aliphatic heterocycles. The van der Waals surface area contributed by atoms with E-state index >= 15 is 0 Å². The molecule has 156 valence electrons. The number of aliphatic imine (C=N–C) groups is 1. The van der Waals surface area contributed by atoms with Crippen LogP contribution in [0.5, 0.6) is 0 Å². The molecule has 0 saturated carbocycles. The summed E-state index contributed by atoms with van der Waals surface area (Å²) in [7, 11) is 0. The zero-order chi connectivity index (χ0) is 21.1. The molecule has 5 nitrogen and oxygen atoms in total. The molecule has 0 spiro atoms. The Balaban J connectivity index is 1.53. The minimum atomic E-state index is -4.36. The van der Waals surface area contributed by atoms with E-state index in [0.717, 1.165) is 29.2 Å². The first-order chi connectivity index (χ1) is 14.4. The number of rotatable bonds is 2. The van der Waals surface area contributed by atoms with Gasteiger partial charge in [0.1, 0.15) is 18.0 Å². The molecule has 3 heterocycles. The molecule has 4 rings (SSSR count). The smallest absolute Gasteiger partial charge is 0.355 e. The van der Waals surface area contributed by atoms with Gasteiger partial charge in [-0.3, -0.25) is 4.99 Å². The molecule has 0 unspecified atom stereocenters. The molecule has 0 fully saturated rings. The maximum absolute atomic E-state index is 12.8. The Bertz CT molecular complexity index is 1010. The largest absolute Gasteiger partial charge is 0.416 e. The summed E-state index contributed by atoms with van der Waals surface area (Å²) in [6, 6.07) is 4.91. The summed E-state index contributed by atoms with van der Waals surface area (Å²) in [5.74, 6) is 1.37. The van der Waals surface area contributed by atoms with Crippen LogP contribution in [0.2, 0.25) is 0 Å². The van der Waals surface area contributed by atoms with Gasteiger partial charge in [-0.25, -0.2) is 9.97 Å². The second-order valence-electron chi connectivity index (χ2n) is 6.94. The maximum Gasteiger partial charge on any atom is 0.416 e. The highest BCUT2D eigenvalue weighted by Crippen LogP contribution is 2.31. The van der Waals surface area contributed by atoms with E-state index in [0.29, 0.717) is 49.0 Å². The van der Waals surface area contributed by atoms with Gasteiger partial charge in [0.15, 0.2) is 0 Å². The molecule has 0 radical (unpaired) electrons. The maximum atomic E-state index is 12.8. The number of hydrogen-bond acceptors (Lipinski definition) is 5. The van der Waals surface area contributed by atoms with Gasteiger partial charge in [0.05, 0.1) is 22.8 Å². The molecule has 2 aromatic rings. The number of halogens is 4. The number of anilines is 2. The normalized spacial score (nSPS) is 16.9. The van der Waals surface area contributed by atoms with Crippen molar-refractivity contribution in [2.24, 2.45) is 4.99 Å². The second-order valence-corrected chi connectivity index (χ2v) is 7.35. The van der Waals surface area contributed by atoms with Crippen molar-refractivity contribution in [1.29, 1.82) is 0 Å². The van der Waals surface area contributed by atoms with Crippen molar-refractivity contribution in [2.75, 3.05) is 25.0 Å². The summed E-state index contributed by atoms with van der Waals surface area (Å²) in [6.07, 6.45) is 4.14. The van der Waals surface area contributed by atoms with E-state index in [-0.39, 0.29) is 0 Å². The summed E-state index contributed by atoms with van der Waals surface area (Å²) in [5.41, 5.74) is 1.71. The molecule has 2 aliphatic rings. The van der Waals surface area contributed by atoms with Gasteiger partial charge in [-0.05, 0) is 36.8 Å². The highest BCUT2D eigenvalue weighted by molar-refractivity contribution is 6.43. The molecule has 0 amide bonds. The van der Waals surface area contributed by atoms with Gasteiger partial charge in [-0.15, -0.1) is 0 Å². The molecule has 1 N–H and O–H groups in total. The monoisotopic (exact) mass is 433 g/mol. The zero-order valence-electron chi connectivity index (χ0n) is 16.0. The Hall–Kier alpha value is -2.87. The van der Waals surface area contributed by atoms with Gasteiger partial charge >= 0.3 is 6.18 Å². The van der Waals surface area contributed by atoms with Crippen LogP contribution in [-0.4, -0.2) is 40.3 Å². The van der Waals surface area contributed by atoms with Crippen LogP contribution >= 0.6 is 11.6 Å². The Morgan fingerprint density at radius 1 is 1.03 bits per heavy atom. The van der Waals surface area contributed by atoms with Crippen molar-refractivity contribution in [3.8, 4) is 0 Å². The standard InChI is InChI=1S/C21H19ClF3N5/c22-17-3-1-2-10-26-20(17)30-11-8-16-18(9-12-30)27-13-28-19(16)29-15-6-4-14(5-7-15)21(23,24)25/h1-7,13H,8-12H2,(H,27,28,29). The lowest BCUT2D eigenvalue weighted by Gasteiger charge is -2.23. The average molecular weight is 434 g/mol. The quantitative estimate of drug-likeness (QED) is 0.744. The van der Waals surface area contributed by atoms with Crippen molar-refractivity contribution in [3.05, 3.63) is 70.7 Å². The van der Waals surface area contributed by atoms with Crippen LogP contribution < -0.4 is 5.32 Å². The molecular weight excluding hydrogens is 415 g/mol. The van der Waals surface area contributed by atoms with Crippen molar-refractivity contribution >= 4 is 28.9 Å². The van der Waals surface area contributed by atoms with Crippen LogP contribution in [-0.2, 0) is 19.0 Å². The van der Waals surface area contributed by atoms with E-state index in [1.54, 1.807) is 0 Å². The molecular formula is C21H19ClF3N5. The number of nitrogens with zero attached hydrogens (tertiary/aromatic N) is 4. The first-order valence-corrected chi connectivity index (χ1v) is 9.89. The van der Waals surface area contributed by atoms with Crippen LogP contribution in [0.4, 0.5) is 24.7 Å². The third-order valence-corrected chi connectivity index (χ3v) is 5.29. The summed E-state index contributed by atoms with van der Waals surface area (Å²) in [5, 5.41) is 3.74. The van der Waals surface area contributed by atoms with E-state index in [2.05, 4.69) is 25.2 Å². The van der Waals surface area contributed by atoms with Crippen LogP contribution in [0.3, 0.4) is 0 Å². The molecule has 9 heteroatoms. The van der Waals surface area contributed by atoms with Gasteiger partial charge in [0.25, 0.3) is 0 Å². The van der Waals surface area contributed by atoms with Crippen molar-refractivity contribution < 1.29 is 13.2 Å². The number of allylic oxidation sites excluding steroid dienone is 2. The van der Waals surface area contributed by atoms with Crippen molar-refractivity contribution in [2.45, 2.75) is 19.0 Å². The molecule has 0 aliphatic carbocycles. The summed E-state index contributed by atoms with van der Waals surface area (Å²) >= 11 is 6.39. The van der Waals surface area contributed by atoms with E-state index in [1.807, 2.05) is 18.2 Å². The Kier molecular flexibility index (Phi) is 5.76. The number of aromatic nitrogens is 2. The van der Waals surface area contributed by atoms with E-state index in [4.69, 9.17) is 11.6 Å². The number of hydrogen-bond donors (Lipinski definition) is 1. The van der Waals surface area contributed by atoms with Gasteiger partial charge < -0.3 is 10.2 Å².